The lowest BCUT2D eigenvalue weighted by Crippen LogP contribution is -2.08. The topological polar surface area (TPSA) is 4.93 Å². The first-order valence-electron chi connectivity index (χ1n) is 11.0. The molecule has 32 heavy (non-hydrogen) atoms. The van der Waals surface area contributed by atoms with Crippen molar-refractivity contribution in [3.63, 3.8) is 0 Å². The van der Waals surface area contributed by atoms with Gasteiger partial charge in [-0.3, -0.25) is 0 Å². The molecule has 0 amide bonds. The summed E-state index contributed by atoms with van der Waals surface area (Å²) in [6.07, 6.45) is 5.38. The summed E-state index contributed by atoms with van der Waals surface area (Å²) in [4.78, 5) is 0. The van der Waals surface area contributed by atoms with Crippen molar-refractivity contribution >= 4 is 33.1 Å². The summed E-state index contributed by atoms with van der Waals surface area (Å²) < 4.78 is 17.3. The van der Waals surface area contributed by atoms with E-state index < -0.39 is 0 Å². The van der Waals surface area contributed by atoms with Crippen LogP contribution in [0.25, 0.3) is 33.1 Å². The van der Waals surface area contributed by atoms with Gasteiger partial charge in [0, 0.05) is 22.4 Å². The largest absolute Gasteiger partial charge is 0.310 e. The minimum atomic E-state index is -0.188. The van der Waals surface area contributed by atoms with Crippen molar-refractivity contribution in [2.45, 2.75) is 12.3 Å². The van der Waals surface area contributed by atoms with Crippen LogP contribution in [0.3, 0.4) is 0 Å². The summed E-state index contributed by atoms with van der Waals surface area (Å²) in [5.74, 6) is 0.0288. The maximum atomic E-state index is 15.2. The summed E-state index contributed by atoms with van der Waals surface area (Å²) in [6, 6.07) is 34.6. The summed E-state index contributed by atoms with van der Waals surface area (Å²) >= 11 is 0. The fraction of sp³-hybridized carbons (Fsp3) is 0.0667. The molecule has 0 bridgehead atoms. The Hall–Kier alpha value is -3.91. The average molecular weight is 416 g/mol. The molecule has 0 spiro atoms. The smallest absolute Gasteiger partial charge is 0.147 e. The van der Waals surface area contributed by atoms with Crippen molar-refractivity contribution in [3.05, 3.63) is 132 Å². The lowest BCUT2D eigenvalue weighted by molar-refractivity contribution is 0.635. The molecule has 1 aliphatic carbocycles. The van der Waals surface area contributed by atoms with Crippen LogP contribution < -0.4 is 0 Å². The van der Waals surface area contributed by atoms with Crippen molar-refractivity contribution in [2.24, 2.45) is 0 Å². The van der Waals surface area contributed by atoms with E-state index in [0.29, 0.717) is 5.52 Å². The van der Waals surface area contributed by atoms with E-state index in [1.807, 2.05) is 30.3 Å². The van der Waals surface area contributed by atoms with Crippen molar-refractivity contribution in [3.8, 4) is 0 Å². The molecule has 1 nitrogen and oxygen atoms in total. The van der Waals surface area contributed by atoms with E-state index in [1.54, 1.807) is 12.1 Å². The van der Waals surface area contributed by atoms with Crippen molar-refractivity contribution < 1.29 is 4.39 Å². The Morgan fingerprint density at radius 1 is 0.688 bits per heavy atom. The second kappa shape index (κ2) is 7.65. The number of allylic oxidation sites excluding steroid dienone is 4. The van der Waals surface area contributed by atoms with Gasteiger partial charge in [-0.05, 0) is 41.3 Å². The molecule has 1 heterocycles. The highest BCUT2D eigenvalue weighted by atomic mass is 19.1. The van der Waals surface area contributed by atoms with Gasteiger partial charge in [-0.2, -0.15) is 0 Å². The number of hydrogen-bond acceptors (Lipinski definition) is 0. The summed E-state index contributed by atoms with van der Waals surface area (Å²) in [6.45, 7) is 0. The van der Waals surface area contributed by atoms with Crippen LogP contribution in [-0.4, -0.2) is 4.57 Å². The zero-order valence-corrected chi connectivity index (χ0v) is 17.6. The van der Waals surface area contributed by atoms with Gasteiger partial charge in [0.05, 0.1) is 11.0 Å². The van der Waals surface area contributed by atoms with E-state index in [-0.39, 0.29) is 11.7 Å². The second-order valence-corrected chi connectivity index (χ2v) is 8.33. The average Bonchev–Trinajstić information content (AvgIpc) is 3.21. The van der Waals surface area contributed by atoms with Crippen LogP contribution in [0, 0.1) is 5.82 Å². The number of para-hydroxylation sites is 2. The van der Waals surface area contributed by atoms with Gasteiger partial charge in [-0.25, -0.2) is 4.39 Å². The standard InChI is InChI=1S/C30H22FN/c31-28-16-9-15-27-26-14-7-8-17-29(26)32(30(27)28)25-19-23(21-10-3-1-4-11-21)18-24(20-25)22-12-5-2-6-13-22/h1-19,24H,20H2. The molecule has 0 radical (unpaired) electrons. The van der Waals surface area contributed by atoms with Gasteiger partial charge in [0.25, 0.3) is 0 Å². The number of rotatable bonds is 3. The highest BCUT2D eigenvalue weighted by Gasteiger charge is 2.23. The molecular formula is C30H22FN. The summed E-state index contributed by atoms with van der Waals surface area (Å²) in [5.41, 5.74) is 6.42. The van der Waals surface area contributed by atoms with E-state index >= 15 is 4.39 Å². The minimum Gasteiger partial charge on any atom is -0.310 e. The molecule has 1 aliphatic rings. The quantitative estimate of drug-likeness (QED) is 0.281. The lowest BCUT2D eigenvalue weighted by atomic mass is 9.85. The van der Waals surface area contributed by atoms with Crippen molar-refractivity contribution in [1.82, 2.24) is 4.57 Å². The Morgan fingerprint density at radius 3 is 2.19 bits per heavy atom. The molecule has 0 aliphatic heterocycles. The van der Waals surface area contributed by atoms with Crippen LogP contribution in [-0.2, 0) is 0 Å². The predicted molar refractivity (Wildman–Crippen MR) is 132 cm³/mol. The first-order chi connectivity index (χ1) is 15.8. The minimum absolute atomic E-state index is 0.188. The molecule has 0 N–H and O–H groups in total. The first-order valence-corrected chi connectivity index (χ1v) is 11.0. The third-order valence-corrected chi connectivity index (χ3v) is 6.40. The monoisotopic (exact) mass is 415 g/mol. The Kier molecular flexibility index (Phi) is 4.50. The third-order valence-electron chi connectivity index (χ3n) is 6.40. The van der Waals surface area contributed by atoms with E-state index in [4.69, 9.17) is 0 Å². The number of halogens is 1. The summed E-state index contributed by atoms with van der Waals surface area (Å²) in [5, 5.41) is 2.03. The Labute approximate surface area is 186 Å². The molecule has 6 rings (SSSR count). The van der Waals surface area contributed by atoms with Gasteiger partial charge in [-0.1, -0.05) is 97.1 Å². The molecule has 1 atom stereocenters. The van der Waals surface area contributed by atoms with Crippen LogP contribution >= 0.6 is 0 Å². The molecule has 1 aromatic heterocycles. The highest BCUT2D eigenvalue weighted by molar-refractivity contribution is 6.10. The van der Waals surface area contributed by atoms with Gasteiger partial charge < -0.3 is 4.57 Å². The SMILES string of the molecule is Fc1cccc2c3ccccc3n(C3=CC(c4ccccc4)=CC(c4ccccc4)C3)c12. The fourth-order valence-corrected chi connectivity index (χ4v) is 4.94. The zero-order valence-electron chi connectivity index (χ0n) is 17.6. The summed E-state index contributed by atoms with van der Waals surface area (Å²) in [7, 11) is 0. The van der Waals surface area contributed by atoms with Gasteiger partial charge >= 0.3 is 0 Å². The second-order valence-electron chi connectivity index (χ2n) is 8.33. The highest BCUT2D eigenvalue weighted by Crippen LogP contribution is 2.41. The van der Waals surface area contributed by atoms with Crippen molar-refractivity contribution in [1.29, 1.82) is 0 Å². The Morgan fingerprint density at radius 2 is 1.38 bits per heavy atom. The molecule has 2 heteroatoms. The number of nitrogens with zero attached hydrogens (tertiary/aromatic N) is 1. The third kappa shape index (κ3) is 3.07. The molecule has 1 unspecified atom stereocenters. The lowest BCUT2D eigenvalue weighted by Gasteiger charge is -2.24. The Bertz CT molecular complexity index is 1490. The number of benzene rings is 4. The number of aromatic nitrogens is 1. The van der Waals surface area contributed by atoms with Crippen LogP contribution in [0.15, 0.2) is 115 Å². The van der Waals surface area contributed by atoms with E-state index in [1.165, 1.54) is 16.7 Å². The molecule has 0 saturated heterocycles. The van der Waals surface area contributed by atoms with E-state index in [2.05, 4.69) is 77.4 Å². The van der Waals surface area contributed by atoms with Crippen LogP contribution in [0.5, 0.6) is 0 Å². The van der Waals surface area contributed by atoms with Gasteiger partial charge in [0.2, 0.25) is 0 Å². The van der Waals surface area contributed by atoms with Gasteiger partial charge in [-0.15, -0.1) is 0 Å². The number of hydrogen-bond donors (Lipinski definition) is 0. The van der Waals surface area contributed by atoms with E-state index in [9.17, 15) is 0 Å². The maximum absolute atomic E-state index is 15.2. The molecule has 5 aromatic rings. The molecule has 154 valence electrons. The fourth-order valence-electron chi connectivity index (χ4n) is 4.94. The predicted octanol–water partition coefficient (Wildman–Crippen LogP) is 8.05. The molecular weight excluding hydrogens is 393 g/mol. The van der Waals surface area contributed by atoms with Gasteiger partial charge in [0.1, 0.15) is 5.82 Å². The molecule has 0 fully saturated rings. The van der Waals surface area contributed by atoms with Crippen molar-refractivity contribution in [2.75, 3.05) is 0 Å². The normalized spacial score (nSPS) is 16.2. The maximum Gasteiger partial charge on any atom is 0.147 e. The van der Waals surface area contributed by atoms with Crippen LogP contribution in [0.1, 0.15) is 23.5 Å². The Balaban J connectivity index is 1.62. The zero-order chi connectivity index (χ0) is 21.5. The molecule has 4 aromatic carbocycles. The number of fused-ring (bicyclic) bond motifs is 3. The van der Waals surface area contributed by atoms with Gasteiger partial charge in [0.15, 0.2) is 0 Å². The van der Waals surface area contributed by atoms with Crippen LogP contribution in [0.4, 0.5) is 4.39 Å². The van der Waals surface area contributed by atoms with Crippen LogP contribution in [0.2, 0.25) is 0 Å². The van der Waals surface area contributed by atoms with E-state index in [0.717, 1.165) is 28.4 Å². The first kappa shape index (κ1) is 18.8. The molecule has 0 saturated carbocycles.